The maximum absolute atomic E-state index is 11.7. The van der Waals surface area contributed by atoms with Crippen molar-refractivity contribution < 1.29 is 9.53 Å². The Bertz CT molecular complexity index is 786. The second-order valence-electron chi connectivity index (χ2n) is 3.97. The summed E-state index contributed by atoms with van der Waals surface area (Å²) in [5.41, 5.74) is 7.41. The molecule has 3 heterocycles. The van der Waals surface area contributed by atoms with Crippen LogP contribution < -0.4 is 5.73 Å². The van der Waals surface area contributed by atoms with E-state index in [9.17, 15) is 4.79 Å². The Labute approximate surface area is 118 Å². The second-order valence-corrected chi connectivity index (χ2v) is 4.85. The molecule has 0 fully saturated rings. The first-order valence-corrected chi connectivity index (χ1v) is 6.63. The van der Waals surface area contributed by atoms with E-state index in [1.54, 1.807) is 23.7 Å². The van der Waals surface area contributed by atoms with Gasteiger partial charge < -0.3 is 10.5 Å². The van der Waals surface area contributed by atoms with Gasteiger partial charge in [-0.25, -0.2) is 14.8 Å². The number of carbonyl (C=O) groups is 1. The van der Waals surface area contributed by atoms with Crippen molar-refractivity contribution >= 4 is 33.3 Å². The monoisotopic (exact) mass is 286 g/mol. The van der Waals surface area contributed by atoms with Crippen molar-refractivity contribution in [2.75, 3.05) is 12.8 Å². The van der Waals surface area contributed by atoms with Gasteiger partial charge >= 0.3 is 5.97 Å². The molecule has 0 spiro atoms. The zero-order chi connectivity index (χ0) is 14.1. The van der Waals surface area contributed by atoms with Crippen molar-refractivity contribution in [3.63, 3.8) is 0 Å². The van der Waals surface area contributed by atoms with Crippen molar-refractivity contribution in [2.24, 2.45) is 0 Å². The summed E-state index contributed by atoms with van der Waals surface area (Å²) in [6.45, 7) is 0. The van der Waals surface area contributed by atoms with Gasteiger partial charge in [0.25, 0.3) is 0 Å². The largest absolute Gasteiger partial charge is 0.465 e. The molecule has 0 aliphatic rings. The summed E-state index contributed by atoms with van der Waals surface area (Å²) in [6.07, 6.45) is 1.65. The van der Waals surface area contributed by atoms with E-state index in [1.807, 2.05) is 6.07 Å². The van der Waals surface area contributed by atoms with Crippen LogP contribution in [-0.2, 0) is 4.74 Å². The predicted octanol–water partition coefficient (Wildman–Crippen LogP) is 2.12. The quantitative estimate of drug-likeness (QED) is 0.726. The molecule has 0 amide bonds. The molecule has 0 atom stereocenters. The fourth-order valence-electron chi connectivity index (χ4n) is 1.80. The Morgan fingerprint density at radius 2 is 2.20 bits per heavy atom. The Balaban J connectivity index is 2.24. The summed E-state index contributed by atoms with van der Waals surface area (Å²) in [7, 11) is 1.33. The topological polar surface area (TPSA) is 91.0 Å². The van der Waals surface area contributed by atoms with E-state index in [1.165, 1.54) is 18.4 Å². The fourth-order valence-corrected chi connectivity index (χ4v) is 2.68. The van der Waals surface area contributed by atoms with Crippen LogP contribution >= 0.6 is 11.3 Å². The third-order valence-electron chi connectivity index (χ3n) is 2.74. The molecular weight excluding hydrogens is 276 g/mol. The normalized spacial score (nSPS) is 10.7. The van der Waals surface area contributed by atoms with Crippen LogP contribution in [0, 0.1) is 0 Å². The number of pyridine rings is 1. The minimum atomic E-state index is -0.443. The van der Waals surface area contributed by atoms with E-state index in [-0.39, 0.29) is 0 Å². The van der Waals surface area contributed by atoms with Crippen molar-refractivity contribution in [2.45, 2.75) is 0 Å². The standard InChI is InChI=1S/C13H10N4O2S/c1-19-13(18)7-6-20-10-9(7)16-12(17-11(10)14)8-4-2-3-5-15-8/h2-6H,1H3,(H2,14,16,17). The van der Waals surface area contributed by atoms with E-state index in [4.69, 9.17) is 10.5 Å². The summed E-state index contributed by atoms with van der Waals surface area (Å²) in [6, 6.07) is 5.42. The van der Waals surface area contributed by atoms with E-state index in [0.29, 0.717) is 33.1 Å². The molecule has 0 aliphatic carbocycles. The van der Waals surface area contributed by atoms with Crippen LogP contribution in [0.5, 0.6) is 0 Å². The number of nitrogens with zero attached hydrogens (tertiary/aromatic N) is 3. The number of methoxy groups -OCH3 is 1. The van der Waals surface area contributed by atoms with E-state index < -0.39 is 5.97 Å². The number of nitrogen functional groups attached to an aromatic ring is 1. The van der Waals surface area contributed by atoms with E-state index in [2.05, 4.69) is 15.0 Å². The molecule has 2 N–H and O–H groups in total. The molecule has 3 aromatic rings. The molecule has 0 aromatic carbocycles. The number of hydrogen-bond donors (Lipinski definition) is 1. The highest BCUT2D eigenvalue weighted by atomic mass is 32.1. The number of nitrogens with two attached hydrogens (primary N) is 1. The smallest absolute Gasteiger partial charge is 0.340 e. The molecule has 3 rings (SSSR count). The van der Waals surface area contributed by atoms with Gasteiger partial charge in [-0.1, -0.05) is 6.07 Å². The molecule has 0 saturated carbocycles. The molecule has 0 radical (unpaired) electrons. The lowest BCUT2D eigenvalue weighted by molar-refractivity contribution is 0.0603. The van der Waals surface area contributed by atoms with E-state index >= 15 is 0 Å². The number of esters is 1. The third-order valence-corrected chi connectivity index (χ3v) is 3.73. The summed E-state index contributed by atoms with van der Waals surface area (Å²) in [4.78, 5) is 24.5. The van der Waals surface area contributed by atoms with Crippen LogP contribution in [0.15, 0.2) is 29.8 Å². The molecule has 0 saturated heterocycles. The Morgan fingerprint density at radius 3 is 2.90 bits per heavy atom. The summed E-state index contributed by atoms with van der Waals surface area (Å²) >= 11 is 1.32. The first-order chi connectivity index (χ1) is 9.70. The van der Waals surface area contributed by atoms with Crippen molar-refractivity contribution in [1.82, 2.24) is 15.0 Å². The number of anilines is 1. The van der Waals surface area contributed by atoms with Gasteiger partial charge in [0, 0.05) is 11.6 Å². The predicted molar refractivity (Wildman–Crippen MR) is 76.4 cm³/mol. The first-order valence-electron chi connectivity index (χ1n) is 5.75. The van der Waals surface area contributed by atoms with Crippen LogP contribution in [0.1, 0.15) is 10.4 Å². The minimum Gasteiger partial charge on any atom is -0.465 e. The summed E-state index contributed by atoms with van der Waals surface area (Å²) < 4.78 is 5.41. The molecule has 7 heteroatoms. The number of carbonyl (C=O) groups excluding carboxylic acids is 1. The number of thiophene rings is 1. The number of hydrogen-bond acceptors (Lipinski definition) is 7. The lowest BCUT2D eigenvalue weighted by atomic mass is 10.2. The fraction of sp³-hybridized carbons (Fsp3) is 0.0769. The van der Waals surface area contributed by atoms with Crippen molar-refractivity contribution in [3.8, 4) is 11.5 Å². The van der Waals surface area contributed by atoms with Crippen molar-refractivity contribution in [3.05, 3.63) is 35.3 Å². The maximum atomic E-state index is 11.7. The Morgan fingerprint density at radius 1 is 1.35 bits per heavy atom. The Hall–Kier alpha value is -2.54. The van der Waals surface area contributed by atoms with Crippen LogP contribution in [-0.4, -0.2) is 28.0 Å². The second kappa shape index (κ2) is 4.86. The summed E-state index contributed by atoms with van der Waals surface area (Å²) in [5, 5.41) is 1.67. The molecule has 3 aromatic heterocycles. The third kappa shape index (κ3) is 1.97. The number of ether oxygens (including phenoxy) is 1. The highest BCUT2D eigenvalue weighted by Gasteiger charge is 2.18. The SMILES string of the molecule is COC(=O)c1csc2c(N)nc(-c3ccccn3)nc12. The van der Waals surface area contributed by atoms with E-state index in [0.717, 1.165) is 0 Å². The molecule has 0 bridgehead atoms. The van der Waals surface area contributed by atoms with Gasteiger partial charge in [-0.2, -0.15) is 0 Å². The van der Waals surface area contributed by atoms with Crippen molar-refractivity contribution in [1.29, 1.82) is 0 Å². The first kappa shape index (κ1) is 12.5. The van der Waals surface area contributed by atoms with Crippen LogP contribution in [0.3, 0.4) is 0 Å². The minimum absolute atomic E-state index is 0.329. The molecule has 100 valence electrons. The molecule has 20 heavy (non-hydrogen) atoms. The highest BCUT2D eigenvalue weighted by Crippen LogP contribution is 2.30. The van der Waals surface area contributed by atoms with Gasteiger partial charge in [0.1, 0.15) is 17.0 Å². The number of aromatic nitrogens is 3. The molecule has 0 unspecified atom stereocenters. The maximum Gasteiger partial charge on any atom is 0.340 e. The zero-order valence-corrected chi connectivity index (χ0v) is 11.3. The summed E-state index contributed by atoms with van der Waals surface area (Å²) in [5.74, 6) is 0.274. The number of rotatable bonds is 2. The van der Waals surface area contributed by atoms with Crippen LogP contribution in [0.4, 0.5) is 5.82 Å². The van der Waals surface area contributed by atoms with Gasteiger partial charge in [0.15, 0.2) is 5.82 Å². The lowest BCUT2D eigenvalue weighted by Gasteiger charge is -2.03. The van der Waals surface area contributed by atoms with Gasteiger partial charge in [-0.05, 0) is 12.1 Å². The van der Waals surface area contributed by atoms with Gasteiger partial charge in [-0.3, -0.25) is 4.98 Å². The average molecular weight is 286 g/mol. The van der Waals surface area contributed by atoms with Crippen LogP contribution in [0.25, 0.3) is 21.7 Å². The number of fused-ring (bicyclic) bond motifs is 1. The van der Waals surface area contributed by atoms with Gasteiger partial charge in [0.2, 0.25) is 0 Å². The molecule has 6 nitrogen and oxygen atoms in total. The highest BCUT2D eigenvalue weighted by molar-refractivity contribution is 7.18. The Kier molecular flexibility index (Phi) is 3.03. The average Bonchev–Trinajstić information content (AvgIpc) is 2.92. The van der Waals surface area contributed by atoms with Crippen LogP contribution in [0.2, 0.25) is 0 Å². The molecular formula is C13H10N4O2S. The van der Waals surface area contributed by atoms with Gasteiger partial charge in [0.05, 0.1) is 17.4 Å². The van der Waals surface area contributed by atoms with Gasteiger partial charge in [-0.15, -0.1) is 11.3 Å². The zero-order valence-electron chi connectivity index (χ0n) is 10.5. The lowest BCUT2D eigenvalue weighted by Crippen LogP contribution is -2.03. The molecule has 0 aliphatic heterocycles.